The fraction of sp³-hybridized carbons (Fsp3) is 0.583. The second kappa shape index (κ2) is 6.26. The first kappa shape index (κ1) is 15.1. The zero-order valence-electron chi connectivity index (χ0n) is 11.0. The minimum absolute atomic E-state index is 0.123. The van der Waals surface area contributed by atoms with E-state index in [0.717, 1.165) is 11.3 Å². The number of pyridine rings is 1. The summed E-state index contributed by atoms with van der Waals surface area (Å²) in [6, 6.07) is 3.50. The van der Waals surface area contributed by atoms with Crippen molar-refractivity contribution in [1.82, 2.24) is 9.71 Å². The highest BCUT2D eigenvalue weighted by Gasteiger charge is 2.10. The van der Waals surface area contributed by atoms with E-state index >= 15 is 0 Å². The Labute approximate surface area is 108 Å². The van der Waals surface area contributed by atoms with E-state index in [0.29, 0.717) is 12.1 Å². The van der Waals surface area contributed by atoms with E-state index in [2.05, 4.69) is 9.71 Å². The number of aryl methyl sites for hydroxylation is 1. The molecule has 0 bridgehead atoms. The average molecular weight is 272 g/mol. The first-order valence-electron chi connectivity index (χ1n) is 5.97. The van der Waals surface area contributed by atoms with Gasteiger partial charge in [0.05, 0.1) is 24.1 Å². The molecule has 1 atom stereocenters. The molecule has 0 aromatic carbocycles. The number of nitrogens with zero attached hydrogens (tertiary/aromatic N) is 1. The third-order valence-electron chi connectivity index (χ3n) is 2.58. The van der Waals surface area contributed by atoms with E-state index in [1.165, 1.54) is 0 Å². The average Bonchev–Trinajstić information content (AvgIpc) is 2.26. The van der Waals surface area contributed by atoms with Gasteiger partial charge in [-0.15, -0.1) is 0 Å². The normalized spacial score (nSPS) is 13.6. The number of aromatic nitrogens is 1. The van der Waals surface area contributed by atoms with Crippen LogP contribution in [0.3, 0.4) is 0 Å². The highest BCUT2D eigenvalue weighted by atomic mass is 32.2. The predicted molar refractivity (Wildman–Crippen MR) is 70.5 cm³/mol. The van der Waals surface area contributed by atoms with E-state index in [9.17, 15) is 13.5 Å². The first-order chi connectivity index (χ1) is 8.35. The molecule has 0 aliphatic rings. The molecule has 1 heterocycles. The second-order valence-corrected chi connectivity index (χ2v) is 6.22. The van der Waals surface area contributed by atoms with Crippen LogP contribution in [0.25, 0.3) is 0 Å². The maximum absolute atomic E-state index is 11.5. The molecule has 0 radical (unpaired) electrons. The van der Waals surface area contributed by atoms with Crippen LogP contribution in [0, 0.1) is 6.92 Å². The molecular weight excluding hydrogens is 252 g/mol. The van der Waals surface area contributed by atoms with Crippen LogP contribution in [0.4, 0.5) is 0 Å². The van der Waals surface area contributed by atoms with Crippen LogP contribution < -0.4 is 4.72 Å². The smallest absolute Gasteiger partial charge is 0.211 e. The SMILES string of the molecule is CCCS(=O)(=O)NCc1ccc(C(C)O)c(C)n1. The highest BCUT2D eigenvalue weighted by Crippen LogP contribution is 2.15. The topological polar surface area (TPSA) is 79.3 Å². The van der Waals surface area contributed by atoms with E-state index in [1.807, 2.05) is 6.92 Å². The zero-order chi connectivity index (χ0) is 13.8. The molecule has 0 spiro atoms. The van der Waals surface area contributed by atoms with Gasteiger partial charge in [0, 0.05) is 11.3 Å². The van der Waals surface area contributed by atoms with Crippen molar-refractivity contribution in [2.24, 2.45) is 0 Å². The summed E-state index contributed by atoms with van der Waals surface area (Å²) in [7, 11) is -3.21. The zero-order valence-corrected chi connectivity index (χ0v) is 11.8. The van der Waals surface area contributed by atoms with E-state index in [-0.39, 0.29) is 12.3 Å². The van der Waals surface area contributed by atoms with Crippen molar-refractivity contribution in [3.8, 4) is 0 Å². The Kier molecular flexibility index (Phi) is 5.25. The van der Waals surface area contributed by atoms with Crippen molar-refractivity contribution < 1.29 is 13.5 Å². The number of rotatable bonds is 6. The molecule has 1 aromatic rings. The molecule has 18 heavy (non-hydrogen) atoms. The van der Waals surface area contributed by atoms with Gasteiger partial charge in [-0.2, -0.15) is 0 Å². The molecule has 0 aliphatic heterocycles. The summed E-state index contributed by atoms with van der Waals surface area (Å²) in [5.41, 5.74) is 2.13. The van der Waals surface area contributed by atoms with Gasteiger partial charge in [0.1, 0.15) is 0 Å². The molecule has 0 saturated heterocycles. The Morgan fingerprint density at radius 1 is 1.44 bits per heavy atom. The minimum Gasteiger partial charge on any atom is -0.389 e. The quantitative estimate of drug-likeness (QED) is 0.817. The summed E-state index contributed by atoms with van der Waals surface area (Å²) in [6.07, 6.45) is 0.0197. The molecule has 0 fully saturated rings. The van der Waals surface area contributed by atoms with E-state index < -0.39 is 16.1 Å². The van der Waals surface area contributed by atoms with E-state index in [4.69, 9.17) is 0 Å². The van der Waals surface area contributed by atoms with Crippen molar-refractivity contribution in [1.29, 1.82) is 0 Å². The fourth-order valence-electron chi connectivity index (χ4n) is 1.69. The predicted octanol–water partition coefficient (Wildman–Crippen LogP) is 1.27. The van der Waals surface area contributed by atoms with Crippen LogP contribution in [0.5, 0.6) is 0 Å². The summed E-state index contributed by atoms with van der Waals surface area (Å²) >= 11 is 0. The summed E-state index contributed by atoms with van der Waals surface area (Å²) in [6.45, 7) is 5.47. The molecule has 0 aliphatic carbocycles. The lowest BCUT2D eigenvalue weighted by Crippen LogP contribution is -2.26. The number of hydrogen-bond acceptors (Lipinski definition) is 4. The second-order valence-electron chi connectivity index (χ2n) is 4.29. The molecule has 6 heteroatoms. The van der Waals surface area contributed by atoms with Crippen molar-refractivity contribution in [3.63, 3.8) is 0 Å². The lowest BCUT2D eigenvalue weighted by molar-refractivity contribution is 0.198. The summed E-state index contributed by atoms with van der Waals surface area (Å²) < 4.78 is 25.5. The summed E-state index contributed by atoms with van der Waals surface area (Å²) in [5, 5.41) is 9.47. The Balaban J connectivity index is 2.73. The van der Waals surface area contributed by atoms with Gasteiger partial charge < -0.3 is 5.11 Å². The Hall–Kier alpha value is -0.980. The molecule has 0 amide bonds. The largest absolute Gasteiger partial charge is 0.389 e. The van der Waals surface area contributed by atoms with Crippen molar-refractivity contribution in [2.75, 3.05) is 5.75 Å². The van der Waals surface area contributed by atoms with Crippen molar-refractivity contribution in [2.45, 2.75) is 39.8 Å². The molecule has 1 aromatic heterocycles. The number of sulfonamides is 1. The minimum atomic E-state index is -3.21. The molecule has 1 unspecified atom stereocenters. The fourth-order valence-corrected chi connectivity index (χ4v) is 2.74. The third-order valence-corrected chi connectivity index (χ3v) is 4.11. The van der Waals surface area contributed by atoms with Gasteiger partial charge in [-0.3, -0.25) is 4.98 Å². The lowest BCUT2D eigenvalue weighted by Gasteiger charge is -2.10. The van der Waals surface area contributed by atoms with Crippen LogP contribution in [-0.2, 0) is 16.6 Å². The van der Waals surface area contributed by atoms with Crippen molar-refractivity contribution in [3.05, 3.63) is 29.1 Å². The number of aliphatic hydroxyl groups is 1. The van der Waals surface area contributed by atoms with Gasteiger partial charge >= 0.3 is 0 Å². The first-order valence-corrected chi connectivity index (χ1v) is 7.62. The number of hydrogen-bond donors (Lipinski definition) is 2. The number of nitrogens with one attached hydrogen (secondary N) is 1. The van der Waals surface area contributed by atoms with Gasteiger partial charge in [0.2, 0.25) is 10.0 Å². The van der Waals surface area contributed by atoms with Gasteiger partial charge in [-0.25, -0.2) is 13.1 Å². The van der Waals surface area contributed by atoms with Crippen LogP contribution >= 0.6 is 0 Å². The molecule has 1 rings (SSSR count). The van der Waals surface area contributed by atoms with Crippen LogP contribution in [0.2, 0.25) is 0 Å². The third kappa shape index (κ3) is 4.36. The van der Waals surface area contributed by atoms with Gasteiger partial charge in [0.15, 0.2) is 0 Å². The van der Waals surface area contributed by atoms with Gasteiger partial charge in [0.25, 0.3) is 0 Å². The number of aliphatic hydroxyl groups excluding tert-OH is 1. The van der Waals surface area contributed by atoms with Crippen LogP contribution in [0.1, 0.15) is 43.3 Å². The van der Waals surface area contributed by atoms with Crippen LogP contribution in [0.15, 0.2) is 12.1 Å². The van der Waals surface area contributed by atoms with E-state index in [1.54, 1.807) is 26.0 Å². The molecule has 5 nitrogen and oxygen atoms in total. The Morgan fingerprint density at radius 2 is 2.11 bits per heavy atom. The monoisotopic (exact) mass is 272 g/mol. The van der Waals surface area contributed by atoms with Crippen molar-refractivity contribution >= 4 is 10.0 Å². The van der Waals surface area contributed by atoms with Gasteiger partial charge in [-0.1, -0.05) is 13.0 Å². The Bertz CT molecular complexity index is 498. The highest BCUT2D eigenvalue weighted by molar-refractivity contribution is 7.89. The standard InChI is InChI=1S/C12H20N2O3S/c1-4-7-18(16,17)13-8-11-5-6-12(10(3)15)9(2)14-11/h5-6,10,13,15H,4,7-8H2,1-3H3. The summed E-state index contributed by atoms with van der Waals surface area (Å²) in [4.78, 5) is 4.27. The molecule has 0 saturated carbocycles. The summed E-state index contributed by atoms with van der Waals surface area (Å²) in [5.74, 6) is 0.123. The lowest BCUT2D eigenvalue weighted by atomic mass is 10.1. The molecule has 102 valence electrons. The maximum Gasteiger partial charge on any atom is 0.211 e. The Morgan fingerprint density at radius 3 is 2.61 bits per heavy atom. The maximum atomic E-state index is 11.5. The molecule has 2 N–H and O–H groups in total. The van der Waals surface area contributed by atoms with Crippen LogP contribution in [-0.4, -0.2) is 24.3 Å². The van der Waals surface area contributed by atoms with Gasteiger partial charge in [-0.05, 0) is 26.3 Å². The molecular formula is C12H20N2O3S.